The number of aliphatic hydroxyl groups is 1. The molecule has 0 aliphatic carbocycles. The van der Waals surface area contributed by atoms with Crippen LogP contribution in [-0.2, 0) is 0 Å². The molecule has 0 aromatic heterocycles. The van der Waals surface area contributed by atoms with Crippen molar-refractivity contribution in [2.75, 3.05) is 6.67 Å². The quantitative estimate of drug-likeness (QED) is 0.730. The maximum Gasteiger partial charge on any atom is 0.129 e. The third-order valence-electron chi connectivity index (χ3n) is 1.46. The molecule has 4 heteroatoms. The van der Waals surface area contributed by atoms with Crippen LogP contribution < -0.4 is 0 Å². The molecular weight excluding hydrogens is 169 g/mol. The highest BCUT2D eigenvalue weighted by Gasteiger charge is 2.12. The fourth-order valence-electron chi connectivity index (χ4n) is 0.853. The molecule has 0 bridgehead atoms. The molecule has 0 radical (unpaired) electrons. The molecule has 0 amide bonds. The van der Waals surface area contributed by atoms with Gasteiger partial charge in [0.25, 0.3) is 0 Å². The van der Waals surface area contributed by atoms with Crippen molar-refractivity contribution in [3.63, 3.8) is 0 Å². The lowest BCUT2D eigenvalue weighted by atomic mass is 10.1. The minimum atomic E-state index is -1.58. The highest BCUT2D eigenvalue weighted by atomic mass is 19.1. The van der Waals surface area contributed by atoms with E-state index in [-0.39, 0.29) is 5.56 Å². The Kier molecular flexibility index (Phi) is 2.70. The summed E-state index contributed by atoms with van der Waals surface area (Å²) in [7, 11) is 0. The Labute approximate surface area is 67.5 Å². The summed E-state index contributed by atoms with van der Waals surface area (Å²) in [5.74, 6) is -1.50. The van der Waals surface area contributed by atoms with Crippen LogP contribution >= 0.6 is 0 Å². The van der Waals surface area contributed by atoms with Crippen LogP contribution in [0.1, 0.15) is 11.7 Å². The Morgan fingerprint density at radius 2 is 2.00 bits per heavy atom. The number of aliphatic hydroxyl groups excluding tert-OH is 1. The summed E-state index contributed by atoms with van der Waals surface area (Å²) in [4.78, 5) is 0. The van der Waals surface area contributed by atoms with Gasteiger partial charge in [-0.25, -0.2) is 13.2 Å². The molecule has 0 aliphatic heterocycles. The van der Waals surface area contributed by atoms with Crippen LogP contribution in [0.15, 0.2) is 18.2 Å². The number of hydrogen-bond acceptors (Lipinski definition) is 1. The Bertz CT molecular complexity index is 275. The molecule has 0 spiro atoms. The zero-order valence-corrected chi connectivity index (χ0v) is 6.10. The standard InChI is InChI=1S/C8H7F3O/c9-4-8(12)6-3-5(10)1-2-7(6)11/h1-3,8,12H,4H2. The van der Waals surface area contributed by atoms with E-state index in [9.17, 15) is 13.2 Å². The summed E-state index contributed by atoms with van der Waals surface area (Å²) < 4.78 is 37.0. The second-order valence-electron chi connectivity index (χ2n) is 2.34. The van der Waals surface area contributed by atoms with E-state index in [2.05, 4.69) is 0 Å². The van der Waals surface area contributed by atoms with Crippen molar-refractivity contribution in [2.24, 2.45) is 0 Å². The molecule has 1 aromatic carbocycles. The van der Waals surface area contributed by atoms with Gasteiger partial charge < -0.3 is 5.11 Å². The van der Waals surface area contributed by atoms with Gasteiger partial charge in [0, 0.05) is 5.56 Å². The first-order valence-corrected chi connectivity index (χ1v) is 3.34. The third-order valence-corrected chi connectivity index (χ3v) is 1.46. The topological polar surface area (TPSA) is 20.2 Å². The van der Waals surface area contributed by atoms with E-state index >= 15 is 0 Å². The van der Waals surface area contributed by atoms with Crippen molar-refractivity contribution in [3.05, 3.63) is 35.4 Å². The predicted octanol–water partition coefficient (Wildman–Crippen LogP) is 1.97. The SMILES string of the molecule is OC(CF)c1cc(F)ccc1F. The Morgan fingerprint density at radius 1 is 1.33 bits per heavy atom. The molecule has 0 heterocycles. The maximum atomic E-state index is 12.7. The summed E-state index contributed by atoms with van der Waals surface area (Å²) in [6.07, 6.45) is -1.58. The molecule has 1 N–H and O–H groups in total. The average Bonchev–Trinajstić information content (AvgIpc) is 2.08. The van der Waals surface area contributed by atoms with E-state index in [0.29, 0.717) is 0 Å². The molecule has 12 heavy (non-hydrogen) atoms. The molecule has 66 valence electrons. The highest BCUT2D eigenvalue weighted by Crippen LogP contribution is 2.18. The number of rotatable bonds is 2. The predicted molar refractivity (Wildman–Crippen MR) is 37.3 cm³/mol. The van der Waals surface area contributed by atoms with Crippen molar-refractivity contribution >= 4 is 0 Å². The lowest BCUT2D eigenvalue weighted by molar-refractivity contribution is 0.137. The molecule has 1 rings (SSSR count). The van der Waals surface area contributed by atoms with Crippen molar-refractivity contribution in [3.8, 4) is 0 Å². The fourth-order valence-corrected chi connectivity index (χ4v) is 0.853. The van der Waals surface area contributed by atoms with Crippen LogP contribution in [0.4, 0.5) is 13.2 Å². The molecule has 0 saturated carbocycles. The van der Waals surface area contributed by atoms with E-state index < -0.39 is 24.4 Å². The van der Waals surface area contributed by atoms with E-state index in [1.165, 1.54) is 0 Å². The summed E-state index contributed by atoms with van der Waals surface area (Å²) in [5.41, 5.74) is -0.350. The molecular formula is C8H7F3O. The van der Waals surface area contributed by atoms with Crippen LogP contribution in [0, 0.1) is 11.6 Å². The van der Waals surface area contributed by atoms with Crippen LogP contribution in [-0.4, -0.2) is 11.8 Å². The monoisotopic (exact) mass is 176 g/mol. The Hall–Kier alpha value is -1.03. The Morgan fingerprint density at radius 3 is 2.58 bits per heavy atom. The van der Waals surface area contributed by atoms with Crippen LogP contribution in [0.25, 0.3) is 0 Å². The number of halogens is 3. The van der Waals surface area contributed by atoms with Gasteiger partial charge in [-0.3, -0.25) is 0 Å². The largest absolute Gasteiger partial charge is 0.386 e. The number of hydrogen-bond donors (Lipinski definition) is 1. The van der Waals surface area contributed by atoms with Gasteiger partial charge >= 0.3 is 0 Å². The van der Waals surface area contributed by atoms with Gasteiger partial charge in [0.1, 0.15) is 24.4 Å². The summed E-state index contributed by atoms with van der Waals surface area (Å²) >= 11 is 0. The van der Waals surface area contributed by atoms with Gasteiger partial charge in [-0.1, -0.05) is 0 Å². The fraction of sp³-hybridized carbons (Fsp3) is 0.250. The maximum absolute atomic E-state index is 12.7. The highest BCUT2D eigenvalue weighted by molar-refractivity contribution is 5.20. The summed E-state index contributed by atoms with van der Waals surface area (Å²) in [6, 6.07) is 2.53. The first kappa shape index (κ1) is 9.06. The van der Waals surface area contributed by atoms with Crippen molar-refractivity contribution in [2.45, 2.75) is 6.10 Å². The van der Waals surface area contributed by atoms with E-state index in [0.717, 1.165) is 18.2 Å². The molecule has 0 aliphatic rings. The smallest absolute Gasteiger partial charge is 0.129 e. The minimum Gasteiger partial charge on any atom is -0.386 e. The Balaban J connectivity index is 3.04. The summed E-state index contributed by atoms with van der Waals surface area (Å²) in [5, 5.41) is 8.85. The second kappa shape index (κ2) is 3.58. The first-order chi connectivity index (χ1) is 5.65. The molecule has 1 aromatic rings. The van der Waals surface area contributed by atoms with Gasteiger partial charge in [0.15, 0.2) is 0 Å². The first-order valence-electron chi connectivity index (χ1n) is 3.34. The number of alkyl halides is 1. The van der Waals surface area contributed by atoms with Gasteiger partial charge in [0.05, 0.1) is 0 Å². The van der Waals surface area contributed by atoms with Gasteiger partial charge in [-0.2, -0.15) is 0 Å². The van der Waals surface area contributed by atoms with Gasteiger partial charge in [-0.05, 0) is 18.2 Å². The van der Waals surface area contributed by atoms with Gasteiger partial charge in [-0.15, -0.1) is 0 Å². The lowest BCUT2D eigenvalue weighted by Gasteiger charge is -2.06. The summed E-state index contributed by atoms with van der Waals surface area (Å²) in [6.45, 7) is -1.12. The molecule has 1 unspecified atom stereocenters. The minimum absolute atomic E-state index is 0.350. The van der Waals surface area contributed by atoms with Crippen molar-refractivity contribution in [1.29, 1.82) is 0 Å². The van der Waals surface area contributed by atoms with Crippen LogP contribution in [0.2, 0.25) is 0 Å². The van der Waals surface area contributed by atoms with Crippen LogP contribution in [0.5, 0.6) is 0 Å². The van der Waals surface area contributed by atoms with Crippen LogP contribution in [0.3, 0.4) is 0 Å². The molecule has 1 atom stereocenters. The average molecular weight is 176 g/mol. The molecule has 0 fully saturated rings. The van der Waals surface area contributed by atoms with E-state index in [1.54, 1.807) is 0 Å². The van der Waals surface area contributed by atoms with E-state index in [1.807, 2.05) is 0 Å². The second-order valence-corrected chi connectivity index (χ2v) is 2.34. The van der Waals surface area contributed by atoms with Crippen molar-refractivity contribution in [1.82, 2.24) is 0 Å². The number of benzene rings is 1. The van der Waals surface area contributed by atoms with E-state index in [4.69, 9.17) is 5.11 Å². The normalized spacial score (nSPS) is 13.0. The van der Waals surface area contributed by atoms with Crippen molar-refractivity contribution < 1.29 is 18.3 Å². The van der Waals surface area contributed by atoms with Gasteiger partial charge in [0.2, 0.25) is 0 Å². The zero-order valence-electron chi connectivity index (χ0n) is 6.10. The molecule has 0 saturated heterocycles. The third kappa shape index (κ3) is 1.76. The molecule has 1 nitrogen and oxygen atoms in total. The zero-order chi connectivity index (χ0) is 9.14. The lowest BCUT2D eigenvalue weighted by Crippen LogP contribution is -2.02.